The van der Waals surface area contributed by atoms with Crippen LogP contribution in [0.15, 0.2) is 36.5 Å². The van der Waals surface area contributed by atoms with Crippen molar-refractivity contribution >= 4 is 11.9 Å². The largest absolute Gasteiger partial charge is 0.466 e. The molecule has 0 aromatic carbocycles. The predicted molar refractivity (Wildman–Crippen MR) is 319 cm³/mol. The molecule has 2 atom stereocenters. The van der Waals surface area contributed by atoms with Gasteiger partial charge in [0.1, 0.15) is 0 Å². The molecule has 0 rings (SSSR count). The second-order valence-corrected chi connectivity index (χ2v) is 22.4. The molecule has 6 heteroatoms. The summed E-state index contributed by atoms with van der Waals surface area (Å²) >= 11 is 0. The van der Waals surface area contributed by atoms with Crippen LogP contribution < -0.4 is 5.32 Å². The van der Waals surface area contributed by atoms with Crippen molar-refractivity contribution in [2.75, 3.05) is 13.2 Å². The summed E-state index contributed by atoms with van der Waals surface area (Å²) in [5.41, 5.74) is 0. The van der Waals surface area contributed by atoms with Gasteiger partial charge in [-0.05, 0) is 83.5 Å². The highest BCUT2D eigenvalue weighted by Gasteiger charge is 2.18. The zero-order valence-corrected chi connectivity index (χ0v) is 49.1. The van der Waals surface area contributed by atoms with Gasteiger partial charge in [0.25, 0.3) is 0 Å². The van der Waals surface area contributed by atoms with Crippen LogP contribution in [-0.2, 0) is 14.3 Å². The molecule has 0 aromatic rings. The van der Waals surface area contributed by atoms with Gasteiger partial charge in [-0.25, -0.2) is 0 Å². The Labute approximate surface area is 455 Å². The summed E-state index contributed by atoms with van der Waals surface area (Å²) in [6, 6.07) is -0.626. The first kappa shape index (κ1) is 71.1. The fourth-order valence-corrected chi connectivity index (χ4v) is 10.1. The fraction of sp³-hybridized carbons (Fsp3) is 0.881. The molecular formula is C67H127NO5. The van der Waals surface area contributed by atoms with Crippen LogP contribution in [0.2, 0.25) is 0 Å². The molecule has 0 saturated heterocycles. The summed E-state index contributed by atoms with van der Waals surface area (Å²) in [5.74, 6) is -0.0549. The number of esters is 1. The lowest BCUT2D eigenvalue weighted by Gasteiger charge is -2.20. The normalized spacial score (nSPS) is 12.8. The van der Waals surface area contributed by atoms with Gasteiger partial charge >= 0.3 is 5.97 Å². The maximum Gasteiger partial charge on any atom is 0.305 e. The van der Waals surface area contributed by atoms with E-state index in [2.05, 4.69) is 43.5 Å². The number of hydrogen-bond donors (Lipinski definition) is 3. The number of aliphatic hydroxyl groups is 2. The van der Waals surface area contributed by atoms with E-state index in [9.17, 15) is 19.8 Å². The number of nitrogens with one attached hydrogen (secondary N) is 1. The van der Waals surface area contributed by atoms with Crippen LogP contribution in [0.1, 0.15) is 354 Å². The average molecular weight is 1030 g/mol. The number of allylic oxidation sites excluding steroid dienone is 5. The van der Waals surface area contributed by atoms with Crippen molar-refractivity contribution in [3.63, 3.8) is 0 Å². The molecule has 0 heterocycles. The molecule has 430 valence electrons. The third-order valence-corrected chi connectivity index (χ3v) is 15.1. The Bertz CT molecular complexity index is 1180. The van der Waals surface area contributed by atoms with E-state index in [0.717, 1.165) is 38.5 Å². The van der Waals surface area contributed by atoms with Crippen LogP contribution in [0.5, 0.6) is 0 Å². The van der Waals surface area contributed by atoms with Gasteiger partial charge < -0.3 is 20.3 Å². The Morgan fingerprint density at radius 2 is 0.644 bits per heavy atom. The van der Waals surface area contributed by atoms with Gasteiger partial charge in [0.15, 0.2) is 0 Å². The van der Waals surface area contributed by atoms with Gasteiger partial charge in [0.05, 0.1) is 25.4 Å². The van der Waals surface area contributed by atoms with Crippen molar-refractivity contribution in [1.82, 2.24) is 5.32 Å². The monoisotopic (exact) mass is 1030 g/mol. The minimum absolute atomic E-state index is 0.0151. The summed E-state index contributed by atoms with van der Waals surface area (Å²) < 4.78 is 5.50. The van der Waals surface area contributed by atoms with E-state index in [-0.39, 0.29) is 18.5 Å². The molecule has 2 unspecified atom stereocenters. The average Bonchev–Trinajstić information content (AvgIpc) is 3.39. The zero-order chi connectivity index (χ0) is 52.9. The summed E-state index contributed by atoms with van der Waals surface area (Å²) in [7, 11) is 0. The lowest BCUT2D eigenvalue weighted by molar-refractivity contribution is -0.143. The Morgan fingerprint density at radius 3 is 0.973 bits per heavy atom. The van der Waals surface area contributed by atoms with Gasteiger partial charge in [0.2, 0.25) is 5.91 Å². The number of carbonyl (C=O) groups excluding carboxylic acids is 2. The van der Waals surface area contributed by atoms with Crippen molar-refractivity contribution in [3.05, 3.63) is 36.5 Å². The molecule has 0 aromatic heterocycles. The standard InChI is InChI=1S/C67H127NO5/c1-3-5-7-9-11-13-14-15-16-17-28-32-35-38-41-45-49-53-57-61-67(72)73-62-58-54-50-46-42-39-36-33-30-27-25-23-21-19-18-20-22-24-26-29-31-34-37-40-44-48-52-56-60-66(71)68-64(63-69)65(70)59-55-51-47-43-12-10-8-6-4-2/h15-16,18-19,55,59,64-65,69-70H,3-14,17,20-54,56-58,60-63H2,1-2H3,(H,68,71)/b16-15-,19-18-,59-55+. The second kappa shape index (κ2) is 62.6. The highest BCUT2D eigenvalue weighted by molar-refractivity contribution is 5.76. The van der Waals surface area contributed by atoms with Crippen LogP contribution in [0.3, 0.4) is 0 Å². The van der Waals surface area contributed by atoms with Crippen molar-refractivity contribution < 1.29 is 24.5 Å². The molecule has 0 spiro atoms. The molecule has 0 aliphatic carbocycles. The van der Waals surface area contributed by atoms with Crippen LogP contribution in [0.4, 0.5) is 0 Å². The van der Waals surface area contributed by atoms with Crippen molar-refractivity contribution in [1.29, 1.82) is 0 Å². The third kappa shape index (κ3) is 59.2. The van der Waals surface area contributed by atoms with Gasteiger partial charge in [-0.1, -0.05) is 294 Å². The minimum Gasteiger partial charge on any atom is -0.466 e. The molecule has 3 N–H and O–H groups in total. The number of ether oxygens (including phenoxy) is 1. The number of carbonyl (C=O) groups is 2. The SMILES string of the molecule is CCCCCCCC/C=C\CCCCCCCCCCCC(=O)OCCCCCCCCCCCCCC/C=C\CCCCCCCCCCCCCCC(=O)NC(CO)C(O)/C=C/CCCCCCCCC. The lowest BCUT2D eigenvalue weighted by atomic mass is 10.0. The molecule has 73 heavy (non-hydrogen) atoms. The maximum absolute atomic E-state index is 12.4. The molecule has 0 fully saturated rings. The van der Waals surface area contributed by atoms with Crippen molar-refractivity contribution in [2.45, 2.75) is 366 Å². The molecule has 0 bridgehead atoms. The topological polar surface area (TPSA) is 95.9 Å². The van der Waals surface area contributed by atoms with E-state index in [1.165, 1.54) is 289 Å². The molecular weight excluding hydrogens is 899 g/mol. The van der Waals surface area contributed by atoms with Gasteiger partial charge in [-0.2, -0.15) is 0 Å². The highest BCUT2D eigenvalue weighted by Crippen LogP contribution is 2.17. The Hall–Kier alpha value is -1.92. The number of aliphatic hydroxyl groups excluding tert-OH is 2. The predicted octanol–water partition coefficient (Wildman–Crippen LogP) is 20.8. The third-order valence-electron chi connectivity index (χ3n) is 15.1. The first-order valence-corrected chi connectivity index (χ1v) is 32.8. The Balaban J connectivity index is 3.34. The Morgan fingerprint density at radius 1 is 0.370 bits per heavy atom. The van der Waals surface area contributed by atoms with Gasteiger partial charge in [-0.15, -0.1) is 0 Å². The molecule has 0 radical (unpaired) electrons. The quantitative estimate of drug-likeness (QED) is 0.0320. The smallest absolute Gasteiger partial charge is 0.305 e. The summed E-state index contributed by atoms with van der Waals surface area (Å²) in [5, 5.41) is 23.0. The van der Waals surface area contributed by atoms with E-state index in [0.29, 0.717) is 19.4 Å². The van der Waals surface area contributed by atoms with E-state index >= 15 is 0 Å². The van der Waals surface area contributed by atoms with Crippen LogP contribution in [0.25, 0.3) is 0 Å². The summed E-state index contributed by atoms with van der Waals surface area (Å²) in [6.07, 6.45) is 79.3. The molecule has 0 aliphatic heterocycles. The Kier molecular flexibility index (Phi) is 61.0. The first-order chi connectivity index (χ1) is 36.0. The number of hydrogen-bond acceptors (Lipinski definition) is 5. The zero-order valence-electron chi connectivity index (χ0n) is 49.1. The van der Waals surface area contributed by atoms with Crippen LogP contribution in [0, 0.1) is 0 Å². The van der Waals surface area contributed by atoms with Crippen LogP contribution >= 0.6 is 0 Å². The first-order valence-electron chi connectivity index (χ1n) is 32.8. The van der Waals surface area contributed by atoms with Crippen molar-refractivity contribution in [3.8, 4) is 0 Å². The lowest BCUT2D eigenvalue weighted by Crippen LogP contribution is -2.45. The number of unbranched alkanes of at least 4 members (excludes halogenated alkanes) is 46. The van der Waals surface area contributed by atoms with Crippen molar-refractivity contribution in [2.24, 2.45) is 0 Å². The van der Waals surface area contributed by atoms with E-state index < -0.39 is 12.1 Å². The van der Waals surface area contributed by atoms with E-state index in [4.69, 9.17) is 4.74 Å². The second-order valence-electron chi connectivity index (χ2n) is 22.4. The molecule has 0 saturated carbocycles. The summed E-state index contributed by atoms with van der Waals surface area (Å²) in [4.78, 5) is 24.5. The number of amides is 1. The van der Waals surface area contributed by atoms with Crippen LogP contribution in [-0.4, -0.2) is 47.4 Å². The van der Waals surface area contributed by atoms with Gasteiger partial charge in [0, 0.05) is 12.8 Å². The molecule has 1 amide bonds. The maximum atomic E-state index is 12.4. The minimum atomic E-state index is -0.842. The number of rotatable bonds is 61. The fourth-order valence-electron chi connectivity index (χ4n) is 10.1. The highest BCUT2D eigenvalue weighted by atomic mass is 16.5. The molecule has 6 nitrogen and oxygen atoms in total. The van der Waals surface area contributed by atoms with E-state index in [1.54, 1.807) is 6.08 Å². The summed E-state index contributed by atoms with van der Waals surface area (Å²) in [6.45, 7) is 4.89. The van der Waals surface area contributed by atoms with E-state index in [1.807, 2.05) is 6.08 Å². The molecule has 0 aliphatic rings. The van der Waals surface area contributed by atoms with Gasteiger partial charge in [-0.3, -0.25) is 9.59 Å².